The summed E-state index contributed by atoms with van der Waals surface area (Å²) in [6, 6.07) is 1.88. The molecule has 2 rings (SSSR count). The van der Waals surface area contributed by atoms with Crippen LogP contribution in [0.1, 0.15) is 52.1 Å². The van der Waals surface area contributed by atoms with Crippen LogP contribution in [0.3, 0.4) is 0 Å². The molecule has 0 bridgehead atoms. The van der Waals surface area contributed by atoms with Crippen LogP contribution < -0.4 is 4.74 Å². The number of aromatic nitrogens is 2. The number of rotatable bonds is 4. The highest BCUT2D eigenvalue weighted by molar-refractivity contribution is 6.28. The van der Waals surface area contributed by atoms with Crippen molar-refractivity contribution in [3.05, 3.63) is 17.0 Å². The van der Waals surface area contributed by atoms with Gasteiger partial charge in [-0.3, -0.25) is 0 Å². The maximum atomic E-state index is 12.4. The van der Waals surface area contributed by atoms with Gasteiger partial charge in [-0.1, -0.05) is 0 Å². The lowest BCUT2D eigenvalue weighted by Crippen LogP contribution is -2.46. The summed E-state index contributed by atoms with van der Waals surface area (Å²) in [7, 11) is 0. The minimum Gasteiger partial charge on any atom is -0.477 e. The number of nitrogens with zero attached hydrogens (tertiary/aromatic N) is 3. The molecule has 0 radical (unpaired) electrons. The monoisotopic (exact) mass is 355 g/mol. The average molecular weight is 356 g/mol. The van der Waals surface area contributed by atoms with Gasteiger partial charge in [0.15, 0.2) is 0 Å². The Labute approximate surface area is 148 Å². The van der Waals surface area contributed by atoms with Crippen LogP contribution in [0.5, 0.6) is 5.88 Å². The highest BCUT2D eigenvalue weighted by Crippen LogP contribution is 2.23. The first-order valence-electron chi connectivity index (χ1n) is 8.38. The summed E-state index contributed by atoms with van der Waals surface area (Å²) in [6.07, 6.45) is 3.58. The lowest BCUT2D eigenvalue weighted by molar-refractivity contribution is 0.00738. The summed E-state index contributed by atoms with van der Waals surface area (Å²) < 4.78 is 11.2. The molecule has 0 saturated carbocycles. The number of halogens is 1. The summed E-state index contributed by atoms with van der Waals surface area (Å²) >= 11 is 5.83. The predicted octanol–water partition coefficient (Wildman–Crippen LogP) is 4.00. The Morgan fingerprint density at radius 3 is 2.79 bits per heavy atom. The maximum absolute atomic E-state index is 12.4. The summed E-state index contributed by atoms with van der Waals surface area (Å²) in [6.45, 7) is 8.69. The van der Waals surface area contributed by atoms with Gasteiger partial charge in [0.05, 0.1) is 6.61 Å². The first-order valence-corrected chi connectivity index (χ1v) is 8.76. The average Bonchev–Trinajstić information content (AvgIpc) is 2.45. The number of hydrogen-bond acceptors (Lipinski definition) is 5. The molecule has 0 aromatic carbocycles. The molecular weight excluding hydrogens is 330 g/mol. The Morgan fingerprint density at radius 1 is 1.38 bits per heavy atom. The molecule has 0 spiro atoms. The maximum Gasteiger partial charge on any atom is 0.410 e. The number of carbonyl (C=O) groups is 1. The van der Waals surface area contributed by atoms with E-state index in [0.717, 1.165) is 37.9 Å². The van der Waals surface area contributed by atoms with Crippen molar-refractivity contribution in [2.45, 2.75) is 65.0 Å². The van der Waals surface area contributed by atoms with Gasteiger partial charge in [-0.05, 0) is 58.6 Å². The summed E-state index contributed by atoms with van der Waals surface area (Å²) in [4.78, 5) is 22.3. The van der Waals surface area contributed by atoms with Crippen LogP contribution in [-0.4, -0.2) is 45.8 Å². The fraction of sp³-hybridized carbons (Fsp3) is 0.706. The molecule has 6 nitrogen and oxygen atoms in total. The number of piperidine rings is 1. The van der Waals surface area contributed by atoms with Crippen molar-refractivity contribution in [2.24, 2.45) is 0 Å². The highest BCUT2D eigenvalue weighted by Gasteiger charge is 2.30. The summed E-state index contributed by atoms with van der Waals surface area (Å²) in [5.41, 5.74) is 0.281. The Balaban J connectivity index is 1.90. The van der Waals surface area contributed by atoms with E-state index in [0.29, 0.717) is 12.5 Å². The van der Waals surface area contributed by atoms with Crippen LogP contribution in [0.15, 0.2) is 6.07 Å². The standard InChI is InChI=1S/C17H26ClN3O3/c1-12-11-14(20-15(18)19-12)23-10-8-13-7-5-6-9-21(13)16(22)24-17(2,3)4/h11,13H,5-10H2,1-4H3/t13-/m0/s1. The molecule has 2 heterocycles. The molecule has 1 fully saturated rings. The molecule has 0 aliphatic carbocycles. The van der Waals surface area contributed by atoms with Gasteiger partial charge in [0, 0.05) is 30.8 Å². The van der Waals surface area contributed by atoms with Crippen LogP contribution in [0, 0.1) is 6.92 Å². The van der Waals surface area contributed by atoms with Crippen LogP contribution >= 0.6 is 11.6 Å². The number of carbonyl (C=O) groups excluding carboxylic acids is 1. The Kier molecular flexibility index (Phi) is 6.27. The fourth-order valence-corrected chi connectivity index (χ4v) is 2.96. The normalized spacial score (nSPS) is 18.4. The fourth-order valence-electron chi connectivity index (χ4n) is 2.74. The van der Waals surface area contributed by atoms with Crippen molar-refractivity contribution >= 4 is 17.7 Å². The second-order valence-corrected chi connectivity index (χ2v) is 7.42. The van der Waals surface area contributed by atoms with E-state index in [4.69, 9.17) is 21.1 Å². The lowest BCUT2D eigenvalue weighted by atomic mass is 10.0. The van der Waals surface area contributed by atoms with Gasteiger partial charge < -0.3 is 14.4 Å². The molecule has 1 aliphatic rings. The number of aryl methyl sites for hydroxylation is 1. The number of hydrogen-bond donors (Lipinski definition) is 0. The van der Waals surface area contributed by atoms with Gasteiger partial charge in [-0.2, -0.15) is 4.98 Å². The van der Waals surface area contributed by atoms with E-state index in [-0.39, 0.29) is 17.4 Å². The molecule has 1 aromatic rings. The zero-order valence-electron chi connectivity index (χ0n) is 14.8. The second-order valence-electron chi connectivity index (χ2n) is 7.08. The molecule has 1 saturated heterocycles. The smallest absolute Gasteiger partial charge is 0.410 e. The quantitative estimate of drug-likeness (QED) is 0.764. The van der Waals surface area contributed by atoms with Crippen LogP contribution in [0.4, 0.5) is 4.79 Å². The zero-order chi connectivity index (χ0) is 17.7. The van der Waals surface area contributed by atoms with E-state index in [1.165, 1.54) is 0 Å². The Hall–Kier alpha value is -1.56. The molecule has 1 aliphatic heterocycles. The minimum absolute atomic E-state index is 0.131. The molecule has 0 unspecified atom stereocenters. The number of likely N-dealkylation sites (tertiary alicyclic amines) is 1. The summed E-state index contributed by atoms with van der Waals surface area (Å²) in [5.74, 6) is 0.465. The highest BCUT2D eigenvalue weighted by atomic mass is 35.5. The van der Waals surface area contributed by atoms with Gasteiger partial charge in [-0.15, -0.1) is 0 Å². The largest absolute Gasteiger partial charge is 0.477 e. The van der Waals surface area contributed by atoms with Crippen molar-refractivity contribution in [1.82, 2.24) is 14.9 Å². The van der Waals surface area contributed by atoms with E-state index < -0.39 is 5.60 Å². The summed E-state index contributed by atoms with van der Waals surface area (Å²) in [5, 5.41) is 0.179. The van der Waals surface area contributed by atoms with Crippen molar-refractivity contribution in [1.29, 1.82) is 0 Å². The van der Waals surface area contributed by atoms with Crippen molar-refractivity contribution in [3.8, 4) is 5.88 Å². The van der Waals surface area contributed by atoms with E-state index >= 15 is 0 Å². The third-order valence-corrected chi connectivity index (χ3v) is 3.93. The Morgan fingerprint density at radius 2 is 2.12 bits per heavy atom. The molecular formula is C17H26ClN3O3. The van der Waals surface area contributed by atoms with Gasteiger partial charge in [0.1, 0.15) is 5.60 Å². The van der Waals surface area contributed by atoms with E-state index in [9.17, 15) is 4.79 Å². The topological polar surface area (TPSA) is 64.5 Å². The third-order valence-electron chi connectivity index (χ3n) is 3.76. The first-order chi connectivity index (χ1) is 11.2. The SMILES string of the molecule is Cc1cc(OCC[C@@H]2CCCCN2C(=O)OC(C)(C)C)nc(Cl)n1. The van der Waals surface area contributed by atoms with E-state index in [2.05, 4.69) is 9.97 Å². The van der Waals surface area contributed by atoms with E-state index in [1.807, 2.05) is 32.6 Å². The first kappa shape index (κ1) is 18.8. The van der Waals surface area contributed by atoms with Gasteiger partial charge in [0.2, 0.25) is 11.2 Å². The number of amides is 1. The van der Waals surface area contributed by atoms with Crippen molar-refractivity contribution < 1.29 is 14.3 Å². The Bertz CT molecular complexity index is 554. The second kappa shape index (κ2) is 8.01. The minimum atomic E-state index is -0.481. The van der Waals surface area contributed by atoms with E-state index in [1.54, 1.807) is 6.07 Å². The van der Waals surface area contributed by atoms with Gasteiger partial charge in [-0.25, -0.2) is 9.78 Å². The van der Waals surface area contributed by atoms with Crippen LogP contribution in [-0.2, 0) is 4.74 Å². The predicted molar refractivity (Wildman–Crippen MR) is 92.5 cm³/mol. The molecule has 1 amide bonds. The molecule has 134 valence electrons. The molecule has 1 atom stereocenters. The third kappa shape index (κ3) is 5.82. The van der Waals surface area contributed by atoms with Crippen molar-refractivity contribution in [2.75, 3.05) is 13.2 Å². The van der Waals surface area contributed by atoms with Crippen LogP contribution in [0.2, 0.25) is 5.28 Å². The number of ether oxygens (including phenoxy) is 2. The molecule has 0 N–H and O–H groups in total. The lowest BCUT2D eigenvalue weighted by Gasteiger charge is -2.36. The van der Waals surface area contributed by atoms with Gasteiger partial charge in [0.25, 0.3) is 0 Å². The van der Waals surface area contributed by atoms with Crippen LogP contribution in [0.25, 0.3) is 0 Å². The molecule has 24 heavy (non-hydrogen) atoms. The van der Waals surface area contributed by atoms with Crippen molar-refractivity contribution in [3.63, 3.8) is 0 Å². The molecule has 7 heteroatoms. The molecule has 1 aromatic heterocycles. The van der Waals surface area contributed by atoms with Gasteiger partial charge >= 0.3 is 6.09 Å². The zero-order valence-corrected chi connectivity index (χ0v) is 15.6.